The van der Waals surface area contributed by atoms with Crippen LogP contribution in [0.4, 0.5) is 48.3 Å². The van der Waals surface area contributed by atoms with Crippen LogP contribution in [0.1, 0.15) is 17.5 Å². The summed E-state index contributed by atoms with van der Waals surface area (Å²) in [6, 6.07) is 8.16. The molecule has 0 radical (unpaired) electrons. The van der Waals surface area contributed by atoms with Crippen molar-refractivity contribution in [2.24, 2.45) is 0 Å². The molecule has 2 atom stereocenters. The third kappa shape index (κ3) is 12.3. The predicted molar refractivity (Wildman–Crippen MR) is 107 cm³/mol. The molecule has 2 aromatic rings. The first-order chi connectivity index (χ1) is 17.0. The van der Waals surface area contributed by atoms with Gasteiger partial charge in [-0.2, -0.15) is 13.2 Å². The Morgan fingerprint density at radius 3 is 2.05 bits per heavy atom. The monoisotopic (exact) mass is 555 g/mol. The van der Waals surface area contributed by atoms with Crippen LogP contribution in [0.5, 0.6) is 11.5 Å². The highest BCUT2D eigenvalue weighted by atomic mass is 19.4. The zero-order valence-corrected chi connectivity index (χ0v) is 18.6. The molecule has 0 aliphatic carbocycles. The maximum absolute atomic E-state index is 13.0. The van der Waals surface area contributed by atoms with Gasteiger partial charge < -0.3 is 9.47 Å². The summed E-state index contributed by atoms with van der Waals surface area (Å²) < 4.78 is 152. The normalized spacial score (nSPS) is 14.5. The fourth-order valence-corrected chi connectivity index (χ4v) is 3.27. The molecule has 0 aromatic heterocycles. The van der Waals surface area contributed by atoms with Gasteiger partial charge in [0.05, 0.1) is 6.04 Å². The number of para-hydroxylation sites is 1. The van der Waals surface area contributed by atoms with E-state index in [1.165, 1.54) is 36.4 Å². The molecule has 0 bridgehead atoms. The van der Waals surface area contributed by atoms with E-state index in [0.29, 0.717) is 16.4 Å². The number of benzene rings is 2. The lowest BCUT2D eigenvalue weighted by atomic mass is 10.0. The third-order valence-corrected chi connectivity index (χ3v) is 4.68. The van der Waals surface area contributed by atoms with Gasteiger partial charge in [0.25, 0.3) is 6.43 Å². The summed E-state index contributed by atoms with van der Waals surface area (Å²) in [6.45, 7) is -1.02. The van der Waals surface area contributed by atoms with Crippen LogP contribution in [-0.2, 0) is 17.6 Å². The van der Waals surface area contributed by atoms with Gasteiger partial charge >= 0.3 is 19.0 Å². The smallest absolute Gasteiger partial charge is 0.491 e. The van der Waals surface area contributed by atoms with Crippen LogP contribution in [0.3, 0.4) is 0 Å². The van der Waals surface area contributed by atoms with Crippen LogP contribution >= 0.6 is 0 Å². The first-order valence-electron chi connectivity index (χ1n) is 10.4. The second kappa shape index (κ2) is 12.6. The van der Waals surface area contributed by atoms with E-state index in [2.05, 4.69) is 9.47 Å². The van der Waals surface area contributed by atoms with Gasteiger partial charge in [-0.3, -0.25) is 4.74 Å². The first-order valence-corrected chi connectivity index (χ1v) is 10.4. The molecule has 2 aromatic carbocycles. The van der Waals surface area contributed by atoms with Gasteiger partial charge in [0, 0.05) is 0 Å². The second-order valence-corrected chi connectivity index (χ2v) is 7.62. The molecule has 0 aliphatic rings. The topological polar surface area (TPSA) is 39.7 Å². The molecular formula is C22H20F11NO3. The van der Waals surface area contributed by atoms with Crippen LogP contribution in [0, 0.1) is 0 Å². The highest BCUT2D eigenvalue weighted by molar-refractivity contribution is 5.35. The molecule has 1 N–H and O–H groups in total. The molecule has 2 unspecified atom stereocenters. The van der Waals surface area contributed by atoms with Gasteiger partial charge in [0.15, 0.2) is 0 Å². The number of hydrogen-bond donors (Lipinski definition) is 1. The van der Waals surface area contributed by atoms with E-state index in [1.54, 1.807) is 0 Å². The van der Waals surface area contributed by atoms with Crippen LogP contribution in [0.2, 0.25) is 0 Å². The number of hydrogen-bond acceptors (Lipinski definition) is 4. The Kier molecular flexibility index (Phi) is 10.4. The Balaban J connectivity index is 2.11. The zero-order chi connectivity index (χ0) is 27.9. The molecule has 37 heavy (non-hydrogen) atoms. The molecule has 2 rings (SSSR count). The van der Waals surface area contributed by atoms with Gasteiger partial charge in [-0.25, -0.2) is 14.1 Å². The van der Waals surface area contributed by atoms with Gasteiger partial charge in [0.1, 0.15) is 24.2 Å². The van der Waals surface area contributed by atoms with Crippen LogP contribution in [0.25, 0.3) is 0 Å². The van der Waals surface area contributed by atoms with Crippen LogP contribution < -0.4 is 14.8 Å². The highest BCUT2D eigenvalue weighted by Gasteiger charge is 2.40. The fourth-order valence-electron chi connectivity index (χ4n) is 3.27. The molecular weight excluding hydrogens is 535 g/mol. The Morgan fingerprint density at radius 2 is 1.46 bits per heavy atom. The van der Waals surface area contributed by atoms with Crippen molar-refractivity contribution in [3.05, 3.63) is 59.7 Å². The number of aryl methyl sites for hydroxylation is 2. The summed E-state index contributed by atoms with van der Waals surface area (Å²) in [5, 5.41) is 0.605. The number of nitrogens with one attached hydrogen (secondary N) is 1. The molecule has 0 saturated carbocycles. The maximum atomic E-state index is 13.0. The average Bonchev–Trinajstić information content (AvgIpc) is 2.73. The summed E-state index contributed by atoms with van der Waals surface area (Å²) in [5.41, 5.74) is 0.807. The standard InChI is InChI=1S/C22H20F11NO3/c23-19(24)17(34-20(25,26)27)11-16(37-22(31,32)33)12-35-18-7-2-1-5-14(18)9-8-13-4-3-6-15(10-13)36-21(28,29)30/h1-7,10,16-17,19,34H,8-9,11-12H2. The summed E-state index contributed by atoms with van der Waals surface area (Å²) in [5.74, 6) is -0.471. The molecule has 0 saturated heterocycles. The Labute approximate surface area is 203 Å². The SMILES string of the molecule is FC(F)C(CC(COc1ccccc1CCc1cccc(OC(F)(F)F)c1)OC(F)(F)F)NC(F)(F)F. The fraction of sp³-hybridized carbons (Fsp3) is 0.455. The number of alkyl halides is 11. The van der Waals surface area contributed by atoms with Crippen molar-refractivity contribution in [1.82, 2.24) is 5.32 Å². The Hall–Kier alpha value is -2.81. The van der Waals surface area contributed by atoms with Gasteiger partial charge in [-0.15, -0.1) is 26.3 Å². The summed E-state index contributed by atoms with van der Waals surface area (Å²) in [6.07, 6.45) is -22.5. The van der Waals surface area contributed by atoms with Crippen molar-refractivity contribution in [3.8, 4) is 11.5 Å². The zero-order valence-electron chi connectivity index (χ0n) is 18.6. The Morgan fingerprint density at radius 1 is 0.784 bits per heavy atom. The van der Waals surface area contributed by atoms with Crippen molar-refractivity contribution >= 4 is 0 Å². The van der Waals surface area contributed by atoms with Gasteiger partial charge in [-0.05, 0) is 48.6 Å². The molecule has 0 spiro atoms. The van der Waals surface area contributed by atoms with Gasteiger partial charge in [0.2, 0.25) is 0 Å². The minimum absolute atomic E-state index is 0.0154. The van der Waals surface area contributed by atoms with Crippen LogP contribution in [0.15, 0.2) is 48.5 Å². The molecule has 208 valence electrons. The molecule has 0 fully saturated rings. The summed E-state index contributed by atoms with van der Waals surface area (Å²) in [7, 11) is 0. The highest BCUT2D eigenvalue weighted by Crippen LogP contribution is 2.27. The Bertz CT molecular complexity index is 977. The minimum atomic E-state index is -5.35. The molecule has 4 nitrogen and oxygen atoms in total. The second-order valence-electron chi connectivity index (χ2n) is 7.62. The third-order valence-electron chi connectivity index (χ3n) is 4.68. The van der Waals surface area contributed by atoms with E-state index in [1.807, 2.05) is 0 Å². The predicted octanol–water partition coefficient (Wildman–Crippen LogP) is 6.79. The quantitative estimate of drug-likeness (QED) is 0.231. The summed E-state index contributed by atoms with van der Waals surface area (Å²) in [4.78, 5) is 0. The molecule has 0 aliphatic heterocycles. The first kappa shape index (κ1) is 30.4. The largest absolute Gasteiger partial charge is 0.573 e. The van der Waals surface area contributed by atoms with E-state index in [0.717, 1.165) is 12.1 Å². The van der Waals surface area contributed by atoms with E-state index in [-0.39, 0.29) is 18.6 Å². The van der Waals surface area contributed by atoms with Crippen molar-refractivity contribution in [2.45, 2.75) is 56.9 Å². The van der Waals surface area contributed by atoms with Crippen LogP contribution in [-0.4, -0.2) is 44.2 Å². The van der Waals surface area contributed by atoms with Crippen molar-refractivity contribution in [1.29, 1.82) is 0 Å². The number of ether oxygens (including phenoxy) is 3. The van der Waals surface area contributed by atoms with E-state index in [9.17, 15) is 48.3 Å². The van der Waals surface area contributed by atoms with E-state index >= 15 is 0 Å². The number of rotatable bonds is 12. The minimum Gasteiger partial charge on any atom is -0.491 e. The number of halogens is 11. The average molecular weight is 555 g/mol. The lowest BCUT2D eigenvalue weighted by Gasteiger charge is -2.26. The summed E-state index contributed by atoms with van der Waals surface area (Å²) >= 11 is 0. The van der Waals surface area contributed by atoms with Crippen molar-refractivity contribution in [2.75, 3.05) is 6.61 Å². The van der Waals surface area contributed by atoms with E-state index < -0.39 is 56.4 Å². The van der Waals surface area contributed by atoms with Crippen molar-refractivity contribution in [3.63, 3.8) is 0 Å². The lowest BCUT2D eigenvalue weighted by molar-refractivity contribution is -0.346. The molecule has 15 heteroatoms. The lowest BCUT2D eigenvalue weighted by Crippen LogP contribution is -2.48. The molecule has 0 heterocycles. The van der Waals surface area contributed by atoms with Crippen molar-refractivity contribution < 1.29 is 62.5 Å². The van der Waals surface area contributed by atoms with E-state index in [4.69, 9.17) is 4.74 Å². The molecule has 0 amide bonds. The van der Waals surface area contributed by atoms with Gasteiger partial charge in [-0.1, -0.05) is 30.3 Å². The maximum Gasteiger partial charge on any atom is 0.573 e.